The van der Waals surface area contributed by atoms with Crippen molar-refractivity contribution in [1.29, 1.82) is 0 Å². The number of aryl methyl sites for hydroxylation is 2. The zero-order valence-electron chi connectivity index (χ0n) is 14.7. The van der Waals surface area contributed by atoms with Gasteiger partial charge in [-0.2, -0.15) is 5.10 Å². The van der Waals surface area contributed by atoms with Crippen molar-refractivity contribution in [3.63, 3.8) is 0 Å². The van der Waals surface area contributed by atoms with E-state index in [-0.39, 0.29) is 5.91 Å². The smallest absolute Gasteiger partial charge is 0.280 e. The Morgan fingerprint density at radius 3 is 2.68 bits per heavy atom. The van der Waals surface area contributed by atoms with E-state index < -0.39 is 0 Å². The van der Waals surface area contributed by atoms with Crippen LogP contribution in [0.3, 0.4) is 0 Å². The molecule has 0 N–H and O–H groups in total. The van der Waals surface area contributed by atoms with Crippen molar-refractivity contribution in [3.05, 3.63) is 40.7 Å². The molecule has 0 fully saturated rings. The lowest BCUT2D eigenvalue weighted by molar-refractivity contribution is 0.0979. The van der Waals surface area contributed by atoms with Crippen LogP contribution in [0.1, 0.15) is 16.1 Å². The van der Waals surface area contributed by atoms with Crippen LogP contribution >= 0.6 is 22.9 Å². The van der Waals surface area contributed by atoms with E-state index in [2.05, 4.69) is 10.1 Å². The summed E-state index contributed by atoms with van der Waals surface area (Å²) in [6.45, 7) is 3.14. The molecule has 0 spiro atoms. The van der Waals surface area contributed by atoms with Crippen LogP contribution in [0.4, 0.5) is 5.13 Å². The third-order valence-electron chi connectivity index (χ3n) is 3.82. The SMILES string of the molecule is Cc1cn(C)nc1C(=O)N(CCN(C)C)c1nc2c(Cl)cccc2s1. The first-order valence-corrected chi connectivity index (χ1v) is 9.08. The molecule has 1 amide bonds. The molecule has 0 atom stereocenters. The highest BCUT2D eigenvalue weighted by Gasteiger charge is 2.25. The van der Waals surface area contributed by atoms with E-state index in [0.717, 1.165) is 22.3 Å². The number of benzene rings is 1. The fraction of sp³-hybridized carbons (Fsp3) is 0.353. The average molecular weight is 378 g/mol. The van der Waals surface area contributed by atoms with Crippen molar-refractivity contribution in [2.45, 2.75) is 6.92 Å². The summed E-state index contributed by atoms with van der Waals surface area (Å²) in [6.07, 6.45) is 1.84. The molecule has 1 aromatic carbocycles. The van der Waals surface area contributed by atoms with E-state index in [1.54, 1.807) is 9.58 Å². The summed E-state index contributed by atoms with van der Waals surface area (Å²) in [5, 5.41) is 5.55. The Balaban J connectivity index is 2.02. The highest BCUT2D eigenvalue weighted by molar-refractivity contribution is 7.22. The minimum Gasteiger partial charge on any atom is -0.308 e. The lowest BCUT2D eigenvalue weighted by Gasteiger charge is -2.21. The Morgan fingerprint density at radius 1 is 1.32 bits per heavy atom. The Morgan fingerprint density at radius 2 is 2.08 bits per heavy atom. The van der Waals surface area contributed by atoms with Crippen LogP contribution < -0.4 is 4.90 Å². The molecule has 0 saturated heterocycles. The number of hydrogen-bond acceptors (Lipinski definition) is 5. The molecule has 0 saturated carbocycles. The van der Waals surface area contributed by atoms with Crippen LogP contribution in [0, 0.1) is 6.92 Å². The zero-order chi connectivity index (χ0) is 18.1. The molecule has 2 heterocycles. The van der Waals surface area contributed by atoms with E-state index >= 15 is 0 Å². The van der Waals surface area contributed by atoms with Gasteiger partial charge in [-0.3, -0.25) is 14.4 Å². The first-order valence-electron chi connectivity index (χ1n) is 7.88. The summed E-state index contributed by atoms with van der Waals surface area (Å²) >= 11 is 7.71. The third kappa shape index (κ3) is 3.68. The van der Waals surface area contributed by atoms with Crippen molar-refractivity contribution in [2.24, 2.45) is 7.05 Å². The summed E-state index contributed by atoms with van der Waals surface area (Å²) in [5.41, 5.74) is 2.03. The number of anilines is 1. The molecule has 6 nitrogen and oxygen atoms in total. The van der Waals surface area contributed by atoms with Gasteiger partial charge in [-0.15, -0.1) is 0 Å². The van der Waals surface area contributed by atoms with Gasteiger partial charge in [-0.05, 0) is 33.2 Å². The maximum Gasteiger partial charge on any atom is 0.280 e. The highest BCUT2D eigenvalue weighted by Crippen LogP contribution is 2.33. The van der Waals surface area contributed by atoms with Crippen LogP contribution in [0.2, 0.25) is 5.02 Å². The van der Waals surface area contributed by atoms with E-state index in [0.29, 0.717) is 22.4 Å². The van der Waals surface area contributed by atoms with Gasteiger partial charge >= 0.3 is 0 Å². The second-order valence-electron chi connectivity index (χ2n) is 6.18. The molecule has 25 heavy (non-hydrogen) atoms. The van der Waals surface area contributed by atoms with E-state index in [1.807, 2.05) is 57.4 Å². The highest BCUT2D eigenvalue weighted by atomic mass is 35.5. The minimum absolute atomic E-state index is 0.143. The van der Waals surface area contributed by atoms with Gasteiger partial charge in [0.2, 0.25) is 0 Å². The van der Waals surface area contributed by atoms with Gasteiger partial charge in [0.15, 0.2) is 10.8 Å². The molecule has 8 heteroatoms. The second-order valence-corrected chi connectivity index (χ2v) is 7.59. The number of fused-ring (bicyclic) bond motifs is 1. The van der Waals surface area contributed by atoms with Gasteiger partial charge in [0, 0.05) is 31.9 Å². The third-order valence-corrected chi connectivity index (χ3v) is 5.17. The summed E-state index contributed by atoms with van der Waals surface area (Å²) < 4.78 is 2.62. The number of hydrogen-bond donors (Lipinski definition) is 0. The van der Waals surface area contributed by atoms with Crippen LogP contribution in [0.15, 0.2) is 24.4 Å². The maximum absolute atomic E-state index is 13.1. The zero-order valence-corrected chi connectivity index (χ0v) is 16.2. The summed E-state index contributed by atoms with van der Waals surface area (Å²) in [5.74, 6) is -0.143. The lowest BCUT2D eigenvalue weighted by Crippen LogP contribution is -2.37. The second kappa shape index (κ2) is 7.11. The molecule has 0 aliphatic heterocycles. The number of amides is 1. The number of halogens is 1. The van der Waals surface area contributed by atoms with E-state index in [9.17, 15) is 4.79 Å². The Labute approximate surface area is 155 Å². The Bertz CT molecular complexity index is 917. The minimum atomic E-state index is -0.143. The first kappa shape index (κ1) is 17.8. The lowest BCUT2D eigenvalue weighted by atomic mass is 10.2. The molecule has 3 aromatic rings. The number of likely N-dealkylation sites (N-methyl/N-ethyl adjacent to an activating group) is 1. The van der Waals surface area contributed by atoms with Crippen molar-refractivity contribution in [1.82, 2.24) is 19.7 Å². The molecule has 2 aromatic heterocycles. The van der Waals surface area contributed by atoms with Crippen LogP contribution in [0.5, 0.6) is 0 Å². The molecule has 0 radical (unpaired) electrons. The number of thiazole rings is 1. The summed E-state index contributed by atoms with van der Waals surface area (Å²) in [6, 6.07) is 5.66. The number of carbonyl (C=O) groups is 1. The normalized spacial score (nSPS) is 11.4. The quantitative estimate of drug-likeness (QED) is 0.685. The maximum atomic E-state index is 13.1. The van der Waals surface area contributed by atoms with Crippen molar-refractivity contribution >= 4 is 44.2 Å². The van der Waals surface area contributed by atoms with Crippen molar-refractivity contribution in [3.8, 4) is 0 Å². The molecular weight excluding hydrogens is 358 g/mol. The molecule has 3 rings (SSSR count). The fourth-order valence-electron chi connectivity index (χ4n) is 2.55. The fourth-order valence-corrected chi connectivity index (χ4v) is 3.84. The number of rotatable bonds is 5. The van der Waals surface area contributed by atoms with Crippen molar-refractivity contribution in [2.75, 3.05) is 32.1 Å². The molecule has 0 unspecified atom stereocenters. The number of nitrogens with zero attached hydrogens (tertiary/aromatic N) is 5. The Kier molecular flexibility index (Phi) is 5.08. The molecule has 0 aliphatic rings. The van der Waals surface area contributed by atoms with Crippen LogP contribution in [-0.2, 0) is 7.05 Å². The molecular formula is C17H20ClN5OS. The van der Waals surface area contributed by atoms with Gasteiger partial charge in [-0.1, -0.05) is 29.0 Å². The average Bonchev–Trinajstić information content (AvgIpc) is 3.11. The standard InChI is InChI=1S/C17H20ClN5OS/c1-11-10-22(4)20-14(11)16(24)23(9-8-21(2)3)17-19-15-12(18)6-5-7-13(15)25-17/h5-7,10H,8-9H2,1-4H3. The van der Waals surface area contributed by atoms with Crippen LogP contribution in [0.25, 0.3) is 10.2 Å². The largest absolute Gasteiger partial charge is 0.308 e. The van der Waals surface area contributed by atoms with E-state index in [4.69, 9.17) is 11.6 Å². The van der Waals surface area contributed by atoms with Gasteiger partial charge in [0.25, 0.3) is 5.91 Å². The summed E-state index contributed by atoms with van der Waals surface area (Å²) in [4.78, 5) is 21.5. The Hall–Kier alpha value is -1.96. The topological polar surface area (TPSA) is 54.3 Å². The number of para-hydroxylation sites is 1. The van der Waals surface area contributed by atoms with Gasteiger partial charge < -0.3 is 4.90 Å². The number of carbonyl (C=O) groups excluding carboxylic acids is 1. The van der Waals surface area contributed by atoms with Gasteiger partial charge in [-0.25, -0.2) is 4.98 Å². The first-order chi connectivity index (χ1) is 11.9. The van der Waals surface area contributed by atoms with Crippen molar-refractivity contribution < 1.29 is 4.79 Å². The van der Waals surface area contributed by atoms with E-state index in [1.165, 1.54) is 11.3 Å². The van der Waals surface area contributed by atoms with Gasteiger partial charge in [0.1, 0.15) is 5.52 Å². The molecule has 0 aliphatic carbocycles. The predicted octanol–water partition coefficient (Wildman–Crippen LogP) is 3.20. The number of aromatic nitrogens is 3. The predicted molar refractivity (Wildman–Crippen MR) is 103 cm³/mol. The molecule has 132 valence electrons. The summed E-state index contributed by atoms with van der Waals surface area (Å²) in [7, 11) is 5.76. The monoisotopic (exact) mass is 377 g/mol. The van der Waals surface area contributed by atoms with Crippen LogP contribution in [-0.4, -0.2) is 52.8 Å². The van der Waals surface area contributed by atoms with Gasteiger partial charge in [0.05, 0.1) is 9.72 Å². The molecule has 0 bridgehead atoms.